The first-order valence-electron chi connectivity index (χ1n) is 8.90. The highest BCUT2D eigenvalue weighted by atomic mass is 16.5. The number of morpholine rings is 1. The molecule has 4 heterocycles. The van der Waals surface area contributed by atoms with Gasteiger partial charge in [0.05, 0.1) is 36.0 Å². The van der Waals surface area contributed by atoms with Crippen molar-refractivity contribution in [2.24, 2.45) is 7.05 Å². The van der Waals surface area contributed by atoms with Crippen LogP contribution in [-0.4, -0.2) is 38.8 Å². The van der Waals surface area contributed by atoms with Crippen molar-refractivity contribution in [1.29, 1.82) is 5.26 Å². The lowest BCUT2D eigenvalue weighted by Gasteiger charge is -2.36. The first kappa shape index (κ1) is 16.8. The molecule has 0 aliphatic carbocycles. The molecule has 0 bridgehead atoms. The third kappa shape index (κ3) is 2.70. The molecule has 1 atom stereocenters. The van der Waals surface area contributed by atoms with Crippen LogP contribution in [0.5, 0.6) is 0 Å². The van der Waals surface area contributed by atoms with Gasteiger partial charge in [-0.3, -0.25) is 9.58 Å². The van der Waals surface area contributed by atoms with Gasteiger partial charge in [-0.1, -0.05) is 6.07 Å². The molecule has 6 heteroatoms. The van der Waals surface area contributed by atoms with Gasteiger partial charge < -0.3 is 9.14 Å². The summed E-state index contributed by atoms with van der Waals surface area (Å²) in [5.41, 5.74) is 6.25. The van der Waals surface area contributed by atoms with E-state index in [0.29, 0.717) is 13.2 Å². The van der Waals surface area contributed by atoms with Crippen LogP contribution >= 0.6 is 0 Å². The Morgan fingerprint density at radius 3 is 2.92 bits per heavy atom. The zero-order chi connectivity index (χ0) is 18.3. The molecule has 1 fully saturated rings. The molecule has 0 amide bonds. The fourth-order valence-electron chi connectivity index (χ4n) is 4.01. The average molecular weight is 349 g/mol. The number of nitrogens with zero attached hydrogens (tertiary/aromatic N) is 5. The maximum Gasteiger partial charge on any atom is 0.102 e. The van der Waals surface area contributed by atoms with Crippen LogP contribution in [-0.2, 0) is 18.3 Å². The number of hydrogen-bond acceptors (Lipinski definition) is 4. The minimum atomic E-state index is 0.159. The van der Waals surface area contributed by atoms with Crippen LogP contribution in [0.25, 0.3) is 5.52 Å². The van der Waals surface area contributed by atoms with Gasteiger partial charge in [-0.2, -0.15) is 10.4 Å². The highest BCUT2D eigenvalue weighted by Gasteiger charge is 2.30. The van der Waals surface area contributed by atoms with Crippen molar-refractivity contribution in [3.63, 3.8) is 0 Å². The van der Waals surface area contributed by atoms with Crippen LogP contribution in [0.1, 0.15) is 34.1 Å². The standard InChI is InChI=1S/C20H23N5O/c1-14-20(15(2)23(3)22-14)19-13-26-9-8-25(19)12-16-11-24-7-5-4-6-18(24)17(16)10-21/h4-7,11,19H,8-9,12-13H2,1-3H3. The van der Waals surface area contributed by atoms with Crippen molar-refractivity contribution >= 4 is 5.52 Å². The van der Waals surface area contributed by atoms with Gasteiger partial charge in [0.15, 0.2) is 0 Å². The second-order valence-electron chi connectivity index (χ2n) is 6.90. The molecular weight excluding hydrogens is 326 g/mol. The first-order valence-corrected chi connectivity index (χ1v) is 8.90. The average Bonchev–Trinajstić information content (AvgIpc) is 3.11. The molecule has 3 aromatic rings. The van der Waals surface area contributed by atoms with E-state index in [1.54, 1.807) is 0 Å². The molecule has 0 aromatic carbocycles. The number of pyridine rings is 1. The van der Waals surface area contributed by atoms with Crippen LogP contribution in [0.4, 0.5) is 0 Å². The van der Waals surface area contributed by atoms with E-state index in [4.69, 9.17) is 4.74 Å². The van der Waals surface area contributed by atoms with Crippen LogP contribution in [0.3, 0.4) is 0 Å². The van der Waals surface area contributed by atoms with Gasteiger partial charge in [0, 0.05) is 49.4 Å². The summed E-state index contributed by atoms with van der Waals surface area (Å²) in [6.07, 6.45) is 4.06. The molecule has 134 valence electrons. The summed E-state index contributed by atoms with van der Waals surface area (Å²) in [5.74, 6) is 0. The smallest absolute Gasteiger partial charge is 0.102 e. The van der Waals surface area contributed by atoms with Crippen molar-refractivity contribution in [2.75, 3.05) is 19.8 Å². The molecule has 0 saturated carbocycles. The lowest BCUT2D eigenvalue weighted by atomic mass is 10.0. The van der Waals surface area contributed by atoms with Gasteiger partial charge in [0.2, 0.25) is 0 Å². The van der Waals surface area contributed by atoms with Crippen molar-refractivity contribution < 1.29 is 4.74 Å². The molecule has 0 radical (unpaired) electrons. The van der Waals surface area contributed by atoms with Crippen LogP contribution < -0.4 is 0 Å². The van der Waals surface area contributed by atoms with Crippen molar-refractivity contribution in [3.8, 4) is 6.07 Å². The summed E-state index contributed by atoms with van der Waals surface area (Å²) in [4.78, 5) is 2.41. The lowest BCUT2D eigenvalue weighted by Crippen LogP contribution is -2.39. The largest absolute Gasteiger partial charge is 0.378 e. The van der Waals surface area contributed by atoms with E-state index in [1.165, 1.54) is 11.3 Å². The number of hydrogen-bond donors (Lipinski definition) is 0. The van der Waals surface area contributed by atoms with Crippen molar-refractivity contribution in [3.05, 3.63) is 58.7 Å². The molecule has 26 heavy (non-hydrogen) atoms. The quantitative estimate of drug-likeness (QED) is 0.729. The Bertz CT molecular complexity index is 994. The first-order chi connectivity index (χ1) is 12.6. The summed E-state index contributed by atoms with van der Waals surface area (Å²) in [6, 6.07) is 8.50. The number of rotatable bonds is 3. The van der Waals surface area contributed by atoms with Gasteiger partial charge in [0.1, 0.15) is 6.07 Å². The maximum atomic E-state index is 9.69. The molecule has 6 nitrogen and oxygen atoms in total. The van der Waals surface area contributed by atoms with E-state index < -0.39 is 0 Å². The highest BCUT2D eigenvalue weighted by Crippen LogP contribution is 2.31. The predicted molar refractivity (Wildman–Crippen MR) is 98.8 cm³/mol. The molecule has 1 aliphatic heterocycles. The number of aromatic nitrogens is 3. The van der Waals surface area contributed by atoms with E-state index >= 15 is 0 Å². The number of ether oxygens (including phenoxy) is 1. The Hall–Kier alpha value is -2.62. The predicted octanol–water partition coefficient (Wildman–Crippen LogP) is 2.73. The number of aryl methyl sites for hydroxylation is 2. The number of fused-ring (bicyclic) bond motifs is 1. The molecule has 4 rings (SSSR count). The number of nitriles is 1. The monoisotopic (exact) mass is 349 g/mol. The zero-order valence-corrected chi connectivity index (χ0v) is 15.4. The third-order valence-electron chi connectivity index (χ3n) is 5.39. The van der Waals surface area contributed by atoms with Crippen LogP contribution in [0.2, 0.25) is 0 Å². The molecule has 1 saturated heterocycles. The summed E-state index contributed by atoms with van der Waals surface area (Å²) < 4.78 is 9.76. The minimum absolute atomic E-state index is 0.159. The summed E-state index contributed by atoms with van der Waals surface area (Å²) in [6.45, 7) is 7.10. The van der Waals surface area contributed by atoms with E-state index in [-0.39, 0.29) is 6.04 Å². The Kier molecular flexibility index (Phi) is 4.27. The van der Waals surface area contributed by atoms with Gasteiger partial charge >= 0.3 is 0 Å². The maximum absolute atomic E-state index is 9.69. The van der Waals surface area contributed by atoms with Crippen molar-refractivity contribution in [2.45, 2.75) is 26.4 Å². The Morgan fingerprint density at radius 1 is 1.35 bits per heavy atom. The van der Waals surface area contributed by atoms with Gasteiger partial charge in [-0.25, -0.2) is 0 Å². The highest BCUT2D eigenvalue weighted by molar-refractivity contribution is 5.65. The Morgan fingerprint density at radius 2 is 2.19 bits per heavy atom. The topological polar surface area (TPSA) is 58.5 Å². The molecular formula is C20H23N5O. The van der Waals surface area contributed by atoms with E-state index in [9.17, 15) is 5.26 Å². The van der Waals surface area contributed by atoms with Gasteiger partial charge in [-0.05, 0) is 26.0 Å². The Labute approximate surface area is 153 Å². The molecule has 1 unspecified atom stereocenters. The van der Waals surface area contributed by atoms with E-state index in [1.807, 2.05) is 40.5 Å². The second kappa shape index (κ2) is 6.60. The van der Waals surface area contributed by atoms with E-state index in [0.717, 1.165) is 35.4 Å². The molecule has 0 spiro atoms. The second-order valence-corrected chi connectivity index (χ2v) is 6.90. The fraction of sp³-hybridized carbons (Fsp3) is 0.400. The van der Waals surface area contributed by atoms with Crippen molar-refractivity contribution in [1.82, 2.24) is 19.1 Å². The third-order valence-corrected chi connectivity index (χ3v) is 5.39. The van der Waals surface area contributed by atoms with Crippen LogP contribution in [0.15, 0.2) is 30.6 Å². The lowest BCUT2D eigenvalue weighted by molar-refractivity contribution is -0.0132. The molecule has 3 aromatic heterocycles. The van der Waals surface area contributed by atoms with Gasteiger partial charge in [-0.15, -0.1) is 0 Å². The van der Waals surface area contributed by atoms with E-state index in [2.05, 4.69) is 36.1 Å². The Balaban J connectivity index is 1.71. The minimum Gasteiger partial charge on any atom is -0.378 e. The molecule has 0 N–H and O–H groups in total. The zero-order valence-electron chi connectivity index (χ0n) is 15.4. The van der Waals surface area contributed by atoms with Crippen LogP contribution in [0, 0.1) is 25.2 Å². The normalized spacial score (nSPS) is 18.3. The summed E-state index contributed by atoms with van der Waals surface area (Å²) in [7, 11) is 1.98. The summed E-state index contributed by atoms with van der Waals surface area (Å²) in [5, 5.41) is 14.3. The molecule has 1 aliphatic rings. The SMILES string of the molecule is Cc1nn(C)c(C)c1C1COCCN1Cc1cn2ccccc2c1C#N. The summed E-state index contributed by atoms with van der Waals surface area (Å²) >= 11 is 0. The fourth-order valence-corrected chi connectivity index (χ4v) is 4.01. The van der Waals surface area contributed by atoms with Gasteiger partial charge in [0.25, 0.3) is 0 Å².